The molecule has 4 aromatic heterocycles. The minimum atomic E-state index is -0.0172. The Balaban J connectivity index is 0.839. The van der Waals surface area contributed by atoms with Crippen LogP contribution in [0.3, 0.4) is 0 Å². The maximum absolute atomic E-state index is 2.63. The first-order chi connectivity index (χ1) is 42.7. The van der Waals surface area contributed by atoms with Gasteiger partial charge in [0.05, 0.1) is 33.1 Å². The molecular weight excluding hydrogens is 1040 g/mol. The zero-order valence-electron chi connectivity index (χ0n) is 46.4. The summed E-state index contributed by atoms with van der Waals surface area (Å²) in [6.07, 6.45) is 0. The van der Waals surface area contributed by atoms with Crippen molar-refractivity contribution in [3.05, 3.63) is 279 Å². The second kappa shape index (κ2) is 16.3. The van der Waals surface area contributed by atoms with Crippen LogP contribution < -0.4 is 42.6 Å². The van der Waals surface area contributed by atoms with Crippen LogP contribution in [-0.2, 0) is 0 Å². The lowest BCUT2D eigenvalue weighted by Gasteiger charge is -2.40. The van der Waals surface area contributed by atoms with Gasteiger partial charge in [0, 0.05) is 111 Å². The van der Waals surface area contributed by atoms with Crippen molar-refractivity contribution in [2.75, 3.05) is 9.80 Å². The normalized spacial score (nSPS) is 13.5. The molecule has 0 fully saturated rings. The Morgan fingerprint density at radius 3 is 0.988 bits per heavy atom. The van der Waals surface area contributed by atoms with E-state index in [0.29, 0.717) is 0 Å². The maximum atomic E-state index is 2.63. The number of hydrogen-bond donors (Lipinski definition) is 0. The molecule has 0 saturated heterocycles. The van der Waals surface area contributed by atoms with E-state index in [1.807, 2.05) is 0 Å². The van der Waals surface area contributed by atoms with Gasteiger partial charge in [0.2, 0.25) is 0 Å². The fourth-order valence-corrected chi connectivity index (χ4v) is 16.6. The van der Waals surface area contributed by atoms with E-state index in [-0.39, 0.29) is 13.4 Å². The molecule has 86 heavy (non-hydrogen) atoms. The van der Waals surface area contributed by atoms with Crippen molar-refractivity contribution in [1.29, 1.82) is 0 Å². The second-order valence-electron chi connectivity index (χ2n) is 23.9. The van der Waals surface area contributed by atoms with Gasteiger partial charge in [0.1, 0.15) is 0 Å². The molecular formula is C78H46B2N6. The molecule has 0 N–H and O–H groups in total. The van der Waals surface area contributed by atoms with Crippen molar-refractivity contribution in [3.8, 4) is 22.7 Å². The molecule has 4 aliphatic rings. The fraction of sp³-hybridized carbons (Fsp3) is 0. The van der Waals surface area contributed by atoms with Crippen molar-refractivity contribution in [3.63, 3.8) is 0 Å². The number of rotatable bonds is 4. The van der Waals surface area contributed by atoms with Crippen LogP contribution in [-0.4, -0.2) is 31.7 Å². The third kappa shape index (κ3) is 5.60. The largest absolute Gasteiger partial charge is 0.311 e. The number of para-hydroxylation sites is 8. The van der Waals surface area contributed by atoms with Gasteiger partial charge in [0.15, 0.2) is 0 Å². The Labute approximate surface area is 494 Å². The topological polar surface area (TPSA) is 26.2 Å². The van der Waals surface area contributed by atoms with Crippen LogP contribution in [0.4, 0.5) is 34.1 Å². The minimum absolute atomic E-state index is 0.0172. The highest BCUT2D eigenvalue weighted by Gasteiger charge is 2.45. The van der Waals surface area contributed by atoms with E-state index in [1.54, 1.807) is 0 Å². The van der Waals surface area contributed by atoms with Crippen LogP contribution in [0, 0.1) is 0 Å². The van der Waals surface area contributed by atoms with Crippen LogP contribution in [0.1, 0.15) is 0 Å². The van der Waals surface area contributed by atoms with Gasteiger partial charge in [-0.2, -0.15) is 0 Å². The van der Waals surface area contributed by atoms with E-state index in [4.69, 9.17) is 0 Å². The second-order valence-corrected chi connectivity index (χ2v) is 23.9. The summed E-state index contributed by atoms with van der Waals surface area (Å²) < 4.78 is 10.2. The molecule has 4 aliphatic heterocycles. The monoisotopic (exact) mass is 1090 g/mol. The third-order valence-electron chi connectivity index (χ3n) is 19.8. The highest BCUT2D eigenvalue weighted by molar-refractivity contribution is 7.01. The predicted octanol–water partition coefficient (Wildman–Crippen LogP) is 15.3. The zero-order chi connectivity index (χ0) is 55.6. The molecule has 0 saturated carbocycles. The molecule has 0 aliphatic carbocycles. The quantitative estimate of drug-likeness (QED) is 0.164. The Hall–Kier alpha value is -11.2. The summed E-state index contributed by atoms with van der Waals surface area (Å²) in [7, 11) is 0. The van der Waals surface area contributed by atoms with Crippen molar-refractivity contribution < 1.29 is 0 Å². The van der Waals surface area contributed by atoms with Gasteiger partial charge in [-0.1, -0.05) is 170 Å². The summed E-state index contributed by atoms with van der Waals surface area (Å²) in [5, 5.41) is 10.1. The molecule has 17 aromatic rings. The fourth-order valence-electron chi connectivity index (χ4n) is 16.6. The van der Waals surface area contributed by atoms with Gasteiger partial charge in [-0.25, -0.2) is 0 Å². The predicted molar refractivity (Wildman–Crippen MR) is 362 cm³/mol. The van der Waals surface area contributed by atoms with E-state index in [9.17, 15) is 0 Å². The van der Waals surface area contributed by atoms with Gasteiger partial charge in [0.25, 0.3) is 13.4 Å². The molecule has 0 bridgehead atoms. The van der Waals surface area contributed by atoms with Crippen LogP contribution in [0.25, 0.3) is 110 Å². The first-order valence-electron chi connectivity index (χ1n) is 30.0. The number of aromatic nitrogens is 4. The molecule has 21 rings (SSSR count). The minimum Gasteiger partial charge on any atom is -0.311 e. The molecule has 8 heteroatoms. The van der Waals surface area contributed by atoms with Crippen LogP contribution in [0.5, 0.6) is 0 Å². The van der Waals surface area contributed by atoms with Gasteiger partial charge < -0.3 is 28.1 Å². The van der Waals surface area contributed by atoms with E-state index >= 15 is 0 Å². The summed E-state index contributed by atoms with van der Waals surface area (Å²) in [6.45, 7) is -0.0343. The van der Waals surface area contributed by atoms with Gasteiger partial charge in [-0.3, -0.25) is 0 Å². The number of nitrogens with zero attached hydrogens (tertiary/aromatic N) is 6. The molecule has 0 spiro atoms. The van der Waals surface area contributed by atoms with Gasteiger partial charge >= 0.3 is 0 Å². The van der Waals surface area contributed by atoms with Gasteiger partial charge in [-0.05, 0) is 142 Å². The first-order valence-corrected chi connectivity index (χ1v) is 30.0. The third-order valence-corrected chi connectivity index (χ3v) is 19.8. The summed E-state index contributed by atoms with van der Waals surface area (Å²) in [5.41, 5.74) is 29.6. The number of fused-ring (bicyclic) bond motifs is 20. The Kier molecular flexibility index (Phi) is 8.60. The van der Waals surface area contributed by atoms with Crippen molar-refractivity contribution in [2.45, 2.75) is 0 Å². The van der Waals surface area contributed by atoms with Crippen LogP contribution >= 0.6 is 0 Å². The molecule has 6 nitrogen and oxygen atoms in total. The van der Waals surface area contributed by atoms with Gasteiger partial charge in [-0.15, -0.1) is 0 Å². The number of anilines is 6. The van der Waals surface area contributed by atoms with E-state index in [1.165, 1.54) is 154 Å². The summed E-state index contributed by atoms with van der Waals surface area (Å²) in [4.78, 5) is 5.07. The van der Waals surface area contributed by atoms with Crippen molar-refractivity contribution in [1.82, 2.24) is 18.3 Å². The summed E-state index contributed by atoms with van der Waals surface area (Å²) in [6, 6.07) is 105. The number of benzene rings is 13. The number of hydrogen-bond acceptors (Lipinski definition) is 2. The standard InChI is InChI=1S/C78H46B2N6/c1-5-21-47(22-6-1)81-63-35-15-13-29-51(63)57-42-61-73(45-69(57)81)83(49-25-9-3-10-26-49)65-37-19-39-67-75(65)79(61)59-33-17-31-53-55-41-56-54-32-18-34-60-78(54)86(72(56)44-71(55)85(67)77(53)59)68-40-20-38-66-76(68)80(60)62-43-58-52-30-14-16-36-64(52)82(48-23-7-2-8-24-48)70(58)46-74(62)84(66)50-27-11-4-12-28-50/h1-46H. The SMILES string of the molecule is c1ccc(N2c3cc4c(cc3B3c5c2cccc5-n2c5cc6c(cc5c5cccc3c52)c2cccc3c2n6-c2cccc5c2B3c2cc3c6ccccc6n(-c6ccccc6)c3cc2N5c2ccccc2)c2ccccc2n4-c2ccccc2)cc1. The summed E-state index contributed by atoms with van der Waals surface area (Å²) >= 11 is 0. The molecule has 0 amide bonds. The average molecular weight is 1090 g/mol. The Morgan fingerprint density at radius 1 is 0.198 bits per heavy atom. The molecule has 0 unspecified atom stereocenters. The summed E-state index contributed by atoms with van der Waals surface area (Å²) in [5.74, 6) is 0. The molecule has 8 heterocycles. The highest BCUT2D eigenvalue weighted by atomic mass is 15.2. The molecule has 0 radical (unpaired) electrons. The smallest absolute Gasteiger partial charge is 0.252 e. The lowest BCUT2D eigenvalue weighted by molar-refractivity contribution is 1.16. The van der Waals surface area contributed by atoms with E-state index < -0.39 is 0 Å². The first kappa shape index (κ1) is 45.3. The Bertz CT molecular complexity index is 5500. The van der Waals surface area contributed by atoms with E-state index in [0.717, 1.165) is 22.7 Å². The molecule has 13 aromatic carbocycles. The maximum Gasteiger partial charge on any atom is 0.252 e. The van der Waals surface area contributed by atoms with E-state index in [2.05, 4.69) is 307 Å². The van der Waals surface area contributed by atoms with Crippen molar-refractivity contribution in [2.24, 2.45) is 0 Å². The average Bonchev–Trinajstić information content (AvgIpc) is 1.54. The molecule has 0 atom stereocenters. The zero-order valence-corrected chi connectivity index (χ0v) is 46.4. The lowest BCUT2D eigenvalue weighted by Crippen LogP contribution is -2.60. The van der Waals surface area contributed by atoms with Crippen molar-refractivity contribution >= 4 is 168 Å². The highest BCUT2D eigenvalue weighted by Crippen LogP contribution is 2.48. The lowest BCUT2D eigenvalue weighted by atomic mass is 9.33. The Morgan fingerprint density at radius 2 is 0.547 bits per heavy atom. The molecule has 394 valence electrons. The van der Waals surface area contributed by atoms with Crippen LogP contribution in [0.2, 0.25) is 0 Å². The van der Waals surface area contributed by atoms with Crippen LogP contribution in [0.15, 0.2) is 279 Å².